The quantitative estimate of drug-likeness (QED) is 0.839. The summed E-state index contributed by atoms with van der Waals surface area (Å²) >= 11 is 0. The Kier molecular flexibility index (Phi) is 4.75. The molecule has 0 aromatic heterocycles. The molecule has 3 nitrogen and oxygen atoms in total. The largest absolute Gasteiger partial charge is 0.489 e. The first-order valence-electron chi connectivity index (χ1n) is 6.19. The van der Waals surface area contributed by atoms with Crippen LogP contribution in [0.3, 0.4) is 0 Å². The normalized spacial score (nSPS) is 10.2. The number of ether oxygens (including phenoxy) is 1. The van der Waals surface area contributed by atoms with Gasteiger partial charge in [-0.2, -0.15) is 0 Å². The molecular formula is C15H17FN2O. The zero-order valence-electron chi connectivity index (χ0n) is 10.6. The van der Waals surface area contributed by atoms with E-state index >= 15 is 0 Å². The van der Waals surface area contributed by atoms with Gasteiger partial charge in [0.05, 0.1) is 0 Å². The number of hydrogen-bond acceptors (Lipinski definition) is 3. The van der Waals surface area contributed by atoms with Gasteiger partial charge < -0.3 is 15.8 Å². The van der Waals surface area contributed by atoms with Crippen molar-refractivity contribution in [2.24, 2.45) is 5.73 Å². The summed E-state index contributed by atoms with van der Waals surface area (Å²) in [5, 5.41) is 3.18. The van der Waals surface area contributed by atoms with Crippen molar-refractivity contribution in [2.45, 2.75) is 6.61 Å². The van der Waals surface area contributed by atoms with Crippen LogP contribution in [0.1, 0.15) is 5.56 Å². The van der Waals surface area contributed by atoms with Gasteiger partial charge in [-0.25, -0.2) is 4.39 Å². The van der Waals surface area contributed by atoms with Crippen LogP contribution in [-0.4, -0.2) is 13.1 Å². The molecule has 0 spiro atoms. The van der Waals surface area contributed by atoms with E-state index in [0.717, 1.165) is 23.5 Å². The third-order valence-corrected chi connectivity index (χ3v) is 2.65. The molecule has 2 rings (SSSR count). The van der Waals surface area contributed by atoms with Crippen LogP contribution in [-0.2, 0) is 6.61 Å². The molecule has 19 heavy (non-hydrogen) atoms. The van der Waals surface area contributed by atoms with Gasteiger partial charge in [-0.1, -0.05) is 12.1 Å². The average Bonchev–Trinajstić information content (AvgIpc) is 2.46. The number of benzene rings is 2. The van der Waals surface area contributed by atoms with Gasteiger partial charge in [0, 0.05) is 18.8 Å². The highest BCUT2D eigenvalue weighted by molar-refractivity contribution is 5.46. The third-order valence-electron chi connectivity index (χ3n) is 2.65. The zero-order chi connectivity index (χ0) is 13.5. The molecule has 0 aliphatic rings. The number of rotatable bonds is 6. The fourth-order valence-electron chi connectivity index (χ4n) is 1.63. The van der Waals surface area contributed by atoms with Crippen LogP contribution in [0.5, 0.6) is 5.75 Å². The molecule has 0 radical (unpaired) electrons. The topological polar surface area (TPSA) is 47.3 Å². The Labute approximate surface area is 112 Å². The van der Waals surface area contributed by atoms with E-state index in [2.05, 4.69) is 5.32 Å². The molecule has 0 saturated heterocycles. The molecule has 4 heteroatoms. The maximum atomic E-state index is 12.7. The SMILES string of the molecule is NCCNc1ccc(OCc2ccc(F)cc2)cc1. The van der Waals surface area contributed by atoms with E-state index in [-0.39, 0.29) is 5.82 Å². The molecule has 0 heterocycles. The first-order chi connectivity index (χ1) is 9.28. The van der Waals surface area contributed by atoms with Crippen molar-refractivity contribution in [1.29, 1.82) is 0 Å². The van der Waals surface area contributed by atoms with Crippen molar-refractivity contribution < 1.29 is 9.13 Å². The molecular weight excluding hydrogens is 243 g/mol. The van der Waals surface area contributed by atoms with Crippen molar-refractivity contribution in [3.05, 3.63) is 59.9 Å². The first-order valence-corrected chi connectivity index (χ1v) is 6.19. The van der Waals surface area contributed by atoms with Gasteiger partial charge in [-0.15, -0.1) is 0 Å². The summed E-state index contributed by atoms with van der Waals surface area (Å²) in [7, 11) is 0. The second kappa shape index (κ2) is 6.75. The second-order valence-electron chi connectivity index (χ2n) is 4.15. The van der Waals surface area contributed by atoms with E-state index < -0.39 is 0 Å². The Morgan fingerprint density at radius 3 is 2.32 bits per heavy atom. The van der Waals surface area contributed by atoms with Crippen LogP contribution in [0.2, 0.25) is 0 Å². The van der Waals surface area contributed by atoms with E-state index in [4.69, 9.17) is 10.5 Å². The van der Waals surface area contributed by atoms with Crippen LogP contribution in [0.4, 0.5) is 10.1 Å². The zero-order valence-corrected chi connectivity index (χ0v) is 10.6. The minimum absolute atomic E-state index is 0.237. The van der Waals surface area contributed by atoms with Crippen molar-refractivity contribution in [1.82, 2.24) is 0 Å². The molecule has 0 atom stereocenters. The summed E-state index contributed by atoms with van der Waals surface area (Å²) < 4.78 is 18.4. The molecule has 0 bridgehead atoms. The minimum Gasteiger partial charge on any atom is -0.489 e. The van der Waals surface area contributed by atoms with Gasteiger partial charge >= 0.3 is 0 Å². The fourth-order valence-corrected chi connectivity index (χ4v) is 1.63. The molecule has 0 fully saturated rings. The molecule has 0 aliphatic heterocycles. The van der Waals surface area contributed by atoms with Crippen LogP contribution >= 0.6 is 0 Å². The smallest absolute Gasteiger partial charge is 0.123 e. The standard InChI is InChI=1S/C15H17FN2O/c16-13-3-1-12(2-4-13)11-19-15-7-5-14(6-8-15)18-10-9-17/h1-8,18H,9-11,17H2. The third kappa shape index (κ3) is 4.26. The van der Waals surface area contributed by atoms with Crippen molar-refractivity contribution in [3.63, 3.8) is 0 Å². The Morgan fingerprint density at radius 2 is 1.68 bits per heavy atom. The molecule has 0 saturated carbocycles. The molecule has 0 amide bonds. The summed E-state index contributed by atoms with van der Waals surface area (Å²) in [6, 6.07) is 14.0. The second-order valence-corrected chi connectivity index (χ2v) is 4.15. The lowest BCUT2D eigenvalue weighted by Gasteiger charge is -2.08. The predicted molar refractivity (Wildman–Crippen MR) is 74.7 cm³/mol. The average molecular weight is 260 g/mol. The van der Waals surface area contributed by atoms with E-state index in [0.29, 0.717) is 13.2 Å². The highest BCUT2D eigenvalue weighted by Gasteiger charge is 1.97. The van der Waals surface area contributed by atoms with Gasteiger partial charge in [0.2, 0.25) is 0 Å². The predicted octanol–water partition coefficient (Wildman–Crippen LogP) is 2.78. The first kappa shape index (κ1) is 13.4. The van der Waals surface area contributed by atoms with Gasteiger partial charge in [-0.05, 0) is 42.0 Å². The summed E-state index contributed by atoms with van der Waals surface area (Å²) in [5.41, 5.74) is 7.37. The molecule has 2 aromatic rings. The lowest BCUT2D eigenvalue weighted by atomic mass is 10.2. The van der Waals surface area contributed by atoms with Crippen molar-refractivity contribution in [2.75, 3.05) is 18.4 Å². The monoisotopic (exact) mass is 260 g/mol. The summed E-state index contributed by atoms with van der Waals surface area (Å²) in [5.74, 6) is 0.543. The van der Waals surface area contributed by atoms with E-state index in [1.807, 2.05) is 24.3 Å². The Balaban J connectivity index is 1.87. The number of nitrogens with two attached hydrogens (primary N) is 1. The Morgan fingerprint density at radius 1 is 1.00 bits per heavy atom. The molecule has 0 unspecified atom stereocenters. The van der Waals surface area contributed by atoms with Crippen LogP contribution in [0, 0.1) is 5.82 Å². The number of anilines is 1. The van der Waals surface area contributed by atoms with E-state index in [1.54, 1.807) is 12.1 Å². The molecule has 3 N–H and O–H groups in total. The summed E-state index contributed by atoms with van der Waals surface area (Å²) in [4.78, 5) is 0. The minimum atomic E-state index is -0.237. The van der Waals surface area contributed by atoms with E-state index in [9.17, 15) is 4.39 Å². The van der Waals surface area contributed by atoms with Crippen molar-refractivity contribution in [3.8, 4) is 5.75 Å². The highest BCUT2D eigenvalue weighted by Crippen LogP contribution is 2.17. The number of halogens is 1. The maximum absolute atomic E-state index is 12.7. The lowest BCUT2D eigenvalue weighted by molar-refractivity contribution is 0.306. The Bertz CT molecular complexity index is 497. The van der Waals surface area contributed by atoms with Gasteiger partial charge in [-0.3, -0.25) is 0 Å². The lowest BCUT2D eigenvalue weighted by Crippen LogP contribution is -2.12. The molecule has 100 valence electrons. The van der Waals surface area contributed by atoms with Gasteiger partial charge in [0.1, 0.15) is 18.2 Å². The van der Waals surface area contributed by atoms with Crippen molar-refractivity contribution >= 4 is 5.69 Å². The van der Waals surface area contributed by atoms with Crippen LogP contribution in [0.15, 0.2) is 48.5 Å². The molecule has 2 aromatic carbocycles. The van der Waals surface area contributed by atoms with E-state index in [1.165, 1.54) is 12.1 Å². The van der Waals surface area contributed by atoms with Gasteiger partial charge in [0.15, 0.2) is 0 Å². The van der Waals surface area contributed by atoms with Crippen LogP contribution < -0.4 is 15.8 Å². The highest BCUT2D eigenvalue weighted by atomic mass is 19.1. The number of nitrogens with one attached hydrogen (secondary N) is 1. The van der Waals surface area contributed by atoms with Gasteiger partial charge in [0.25, 0.3) is 0 Å². The summed E-state index contributed by atoms with van der Waals surface area (Å²) in [6.07, 6.45) is 0. The Hall–Kier alpha value is -2.07. The maximum Gasteiger partial charge on any atom is 0.123 e. The molecule has 0 aliphatic carbocycles. The van der Waals surface area contributed by atoms with Crippen LogP contribution in [0.25, 0.3) is 0 Å². The summed E-state index contributed by atoms with van der Waals surface area (Å²) in [6.45, 7) is 1.77. The fraction of sp³-hybridized carbons (Fsp3) is 0.200. The number of hydrogen-bond donors (Lipinski definition) is 2.